The van der Waals surface area contributed by atoms with E-state index in [1.807, 2.05) is 31.2 Å². The zero-order chi connectivity index (χ0) is 15.0. The third kappa shape index (κ3) is 2.64. The Morgan fingerprint density at radius 1 is 1.24 bits per heavy atom. The second-order valence-electron chi connectivity index (χ2n) is 5.75. The van der Waals surface area contributed by atoms with Crippen LogP contribution in [-0.2, 0) is 0 Å². The topological polar surface area (TPSA) is 52.0 Å². The number of nitrogen functional groups attached to an aromatic ring is 1. The van der Waals surface area contributed by atoms with Crippen LogP contribution >= 0.6 is 0 Å². The highest BCUT2D eigenvalue weighted by atomic mass is 19.3. The molecule has 3 rings (SSSR count). The van der Waals surface area contributed by atoms with Gasteiger partial charge in [0.25, 0.3) is 0 Å². The summed E-state index contributed by atoms with van der Waals surface area (Å²) in [6.07, 6.45) is 0.595. The highest BCUT2D eigenvalue weighted by molar-refractivity contribution is 5.78. The zero-order valence-corrected chi connectivity index (χ0v) is 11.9. The Balaban J connectivity index is 1.97. The highest BCUT2D eigenvalue weighted by Crippen LogP contribution is 2.45. The van der Waals surface area contributed by atoms with Crippen molar-refractivity contribution < 1.29 is 13.3 Å². The summed E-state index contributed by atoms with van der Waals surface area (Å²) in [4.78, 5) is 0. The molecule has 0 unspecified atom stereocenters. The molecule has 21 heavy (non-hydrogen) atoms. The van der Waals surface area contributed by atoms with E-state index in [4.69, 9.17) is 10.3 Å². The maximum atomic E-state index is 13.3. The average Bonchev–Trinajstić information content (AvgIpc) is 2.81. The Hall–Kier alpha value is -1.91. The lowest BCUT2D eigenvalue weighted by atomic mass is 9.82. The minimum Gasteiger partial charge on any atom is -0.380 e. The van der Waals surface area contributed by atoms with Gasteiger partial charge < -0.3 is 10.3 Å². The number of aromatic nitrogens is 1. The van der Waals surface area contributed by atoms with Crippen LogP contribution in [0.3, 0.4) is 0 Å². The van der Waals surface area contributed by atoms with E-state index in [0.717, 1.165) is 16.7 Å². The first-order valence-corrected chi connectivity index (χ1v) is 7.17. The SMILES string of the molecule is Cc1ccccc1-c1c(N)noc1C1CCC(F)(F)CC1. The predicted octanol–water partition coefficient (Wildman–Crippen LogP) is 4.53. The van der Waals surface area contributed by atoms with E-state index in [9.17, 15) is 8.78 Å². The smallest absolute Gasteiger partial charge is 0.248 e. The summed E-state index contributed by atoms with van der Waals surface area (Å²) in [7, 11) is 0. The second-order valence-corrected chi connectivity index (χ2v) is 5.75. The van der Waals surface area contributed by atoms with Crippen molar-refractivity contribution in [3.8, 4) is 11.1 Å². The van der Waals surface area contributed by atoms with Crippen molar-refractivity contribution in [2.24, 2.45) is 0 Å². The lowest BCUT2D eigenvalue weighted by Crippen LogP contribution is -2.23. The van der Waals surface area contributed by atoms with Gasteiger partial charge in [0.2, 0.25) is 5.92 Å². The molecule has 0 amide bonds. The normalized spacial score (nSPS) is 18.8. The van der Waals surface area contributed by atoms with E-state index in [0.29, 0.717) is 24.4 Å². The summed E-state index contributed by atoms with van der Waals surface area (Å²) < 4.78 is 32.0. The third-order valence-corrected chi connectivity index (χ3v) is 4.25. The molecule has 1 aliphatic carbocycles. The van der Waals surface area contributed by atoms with Gasteiger partial charge in [0.1, 0.15) is 5.76 Å². The fraction of sp³-hybridized carbons (Fsp3) is 0.438. The molecule has 3 nitrogen and oxygen atoms in total. The molecule has 1 aliphatic rings. The Labute approximate surface area is 122 Å². The summed E-state index contributed by atoms with van der Waals surface area (Å²) in [5.74, 6) is -1.61. The van der Waals surface area contributed by atoms with E-state index in [2.05, 4.69) is 5.16 Å². The first kappa shape index (κ1) is 14.0. The van der Waals surface area contributed by atoms with Crippen LogP contribution in [0.15, 0.2) is 28.8 Å². The van der Waals surface area contributed by atoms with Crippen LogP contribution in [0.4, 0.5) is 14.6 Å². The van der Waals surface area contributed by atoms with Gasteiger partial charge in [-0.15, -0.1) is 0 Å². The number of hydrogen-bond donors (Lipinski definition) is 1. The zero-order valence-electron chi connectivity index (χ0n) is 11.9. The lowest BCUT2D eigenvalue weighted by molar-refractivity contribution is -0.0398. The van der Waals surface area contributed by atoms with Crippen LogP contribution in [0.5, 0.6) is 0 Å². The first-order chi connectivity index (χ1) is 9.98. The van der Waals surface area contributed by atoms with Crippen LogP contribution in [0.2, 0.25) is 0 Å². The number of halogens is 2. The van der Waals surface area contributed by atoms with Crippen molar-refractivity contribution in [1.29, 1.82) is 0 Å². The Morgan fingerprint density at radius 2 is 1.90 bits per heavy atom. The highest BCUT2D eigenvalue weighted by Gasteiger charge is 2.38. The van der Waals surface area contributed by atoms with Gasteiger partial charge in [-0.05, 0) is 30.9 Å². The first-order valence-electron chi connectivity index (χ1n) is 7.17. The van der Waals surface area contributed by atoms with Gasteiger partial charge in [0.15, 0.2) is 5.82 Å². The van der Waals surface area contributed by atoms with Gasteiger partial charge in [-0.2, -0.15) is 0 Å². The fourth-order valence-corrected chi connectivity index (χ4v) is 3.02. The molecule has 0 bridgehead atoms. The average molecular weight is 292 g/mol. The van der Waals surface area contributed by atoms with Crippen molar-refractivity contribution in [3.63, 3.8) is 0 Å². The van der Waals surface area contributed by atoms with Crippen molar-refractivity contribution >= 4 is 5.82 Å². The predicted molar refractivity (Wildman–Crippen MR) is 77.2 cm³/mol. The number of alkyl halides is 2. The maximum absolute atomic E-state index is 13.3. The number of anilines is 1. The minimum atomic E-state index is -2.55. The maximum Gasteiger partial charge on any atom is 0.248 e. The molecule has 112 valence electrons. The Kier molecular flexibility index (Phi) is 3.43. The van der Waals surface area contributed by atoms with E-state index in [1.54, 1.807) is 0 Å². The van der Waals surface area contributed by atoms with Gasteiger partial charge in [0.05, 0.1) is 5.56 Å². The van der Waals surface area contributed by atoms with E-state index >= 15 is 0 Å². The fourth-order valence-electron chi connectivity index (χ4n) is 3.02. The van der Waals surface area contributed by atoms with E-state index in [1.165, 1.54) is 0 Å². The molecular weight excluding hydrogens is 274 g/mol. The van der Waals surface area contributed by atoms with Crippen LogP contribution in [0.1, 0.15) is 42.9 Å². The van der Waals surface area contributed by atoms with Gasteiger partial charge in [-0.1, -0.05) is 29.4 Å². The molecule has 5 heteroatoms. The summed E-state index contributed by atoms with van der Waals surface area (Å²) in [5.41, 5.74) is 8.74. The summed E-state index contributed by atoms with van der Waals surface area (Å²) >= 11 is 0. The van der Waals surface area contributed by atoms with E-state index in [-0.39, 0.29) is 18.8 Å². The molecule has 0 saturated heterocycles. The second kappa shape index (κ2) is 5.13. The van der Waals surface area contributed by atoms with Gasteiger partial charge in [-0.3, -0.25) is 0 Å². The molecule has 0 aliphatic heterocycles. The molecule has 0 radical (unpaired) electrons. The summed E-state index contributed by atoms with van der Waals surface area (Å²) in [6.45, 7) is 1.99. The van der Waals surface area contributed by atoms with Gasteiger partial charge in [-0.25, -0.2) is 8.78 Å². The monoisotopic (exact) mass is 292 g/mol. The van der Waals surface area contributed by atoms with Crippen molar-refractivity contribution in [1.82, 2.24) is 5.16 Å². The Bertz CT molecular complexity index is 641. The molecule has 0 spiro atoms. The molecule has 1 aromatic heterocycles. The van der Waals surface area contributed by atoms with Crippen LogP contribution in [0.25, 0.3) is 11.1 Å². The number of aryl methyl sites for hydroxylation is 1. The molecule has 0 atom stereocenters. The molecular formula is C16H18F2N2O. The summed E-state index contributed by atoms with van der Waals surface area (Å²) in [5, 5.41) is 3.86. The van der Waals surface area contributed by atoms with Crippen LogP contribution < -0.4 is 5.73 Å². The molecule has 1 heterocycles. The standard InChI is InChI=1S/C16H18F2N2O/c1-10-4-2-3-5-12(10)13-14(21-20-15(13)19)11-6-8-16(17,18)9-7-11/h2-5,11H,6-9H2,1H3,(H2,19,20). The number of benzene rings is 1. The summed E-state index contributed by atoms with van der Waals surface area (Å²) in [6, 6.07) is 7.82. The van der Waals surface area contributed by atoms with Crippen LogP contribution in [0, 0.1) is 6.92 Å². The molecule has 1 saturated carbocycles. The molecule has 1 fully saturated rings. The van der Waals surface area contributed by atoms with Gasteiger partial charge >= 0.3 is 0 Å². The number of nitrogens with zero attached hydrogens (tertiary/aromatic N) is 1. The van der Waals surface area contributed by atoms with Crippen molar-refractivity contribution in [2.45, 2.75) is 44.4 Å². The third-order valence-electron chi connectivity index (χ3n) is 4.25. The minimum absolute atomic E-state index is 0.0379. The number of nitrogens with two attached hydrogens (primary N) is 1. The molecule has 2 aromatic rings. The van der Waals surface area contributed by atoms with Crippen molar-refractivity contribution in [3.05, 3.63) is 35.6 Å². The quantitative estimate of drug-likeness (QED) is 0.885. The Morgan fingerprint density at radius 3 is 2.57 bits per heavy atom. The van der Waals surface area contributed by atoms with E-state index < -0.39 is 5.92 Å². The largest absolute Gasteiger partial charge is 0.380 e. The molecule has 1 aromatic carbocycles. The van der Waals surface area contributed by atoms with Crippen LogP contribution in [-0.4, -0.2) is 11.1 Å². The lowest BCUT2D eigenvalue weighted by Gasteiger charge is -2.27. The molecule has 2 N–H and O–H groups in total. The number of rotatable bonds is 2. The number of hydrogen-bond acceptors (Lipinski definition) is 3. The van der Waals surface area contributed by atoms with Gasteiger partial charge in [0, 0.05) is 18.8 Å². The van der Waals surface area contributed by atoms with Crippen molar-refractivity contribution in [2.75, 3.05) is 5.73 Å².